The van der Waals surface area contributed by atoms with E-state index in [0.29, 0.717) is 12.2 Å². The predicted molar refractivity (Wildman–Crippen MR) is 39.0 cm³/mol. The van der Waals surface area contributed by atoms with E-state index in [4.69, 9.17) is 11.1 Å². The Labute approximate surface area is 59.2 Å². The molecule has 10 heavy (non-hydrogen) atoms. The molecule has 4 nitrogen and oxygen atoms in total. The van der Waals surface area contributed by atoms with E-state index < -0.39 is 0 Å². The Morgan fingerprint density at radius 3 is 3.00 bits per heavy atom. The molecule has 0 amide bonds. The molecule has 0 atom stereocenters. The molecular weight excluding hydrogens is 128 g/mol. The molecule has 0 aliphatic heterocycles. The first kappa shape index (κ1) is 6.95. The monoisotopic (exact) mass is 138 g/mol. The standard InChI is InChI=1S/C6H10N4/c1-10-4-9-5(2-7)6(10)3-8/h2,4,7H,3,8H2,1H3. The summed E-state index contributed by atoms with van der Waals surface area (Å²) in [6.45, 7) is 0.432. The van der Waals surface area contributed by atoms with E-state index in [1.165, 1.54) is 6.21 Å². The maximum atomic E-state index is 6.94. The lowest BCUT2D eigenvalue weighted by molar-refractivity contribution is 0.819. The number of hydrogen-bond donors (Lipinski definition) is 2. The molecule has 1 heterocycles. The van der Waals surface area contributed by atoms with Crippen molar-refractivity contribution >= 4 is 6.21 Å². The largest absolute Gasteiger partial charge is 0.336 e. The smallest absolute Gasteiger partial charge is 0.103 e. The third-order valence-corrected chi connectivity index (χ3v) is 1.42. The number of aromatic nitrogens is 2. The zero-order valence-electron chi connectivity index (χ0n) is 5.83. The fourth-order valence-electron chi connectivity index (χ4n) is 0.843. The number of nitrogens with zero attached hydrogens (tertiary/aromatic N) is 2. The molecule has 0 aromatic carbocycles. The number of aryl methyl sites for hydroxylation is 1. The summed E-state index contributed by atoms with van der Waals surface area (Å²) in [5, 5.41) is 6.94. The number of rotatable bonds is 2. The van der Waals surface area contributed by atoms with Crippen molar-refractivity contribution in [3.63, 3.8) is 0 Å². The van der Waals surface area contributed by atoms with Crippen LogP contribution in [-0.2, 0) is 13.6 Å². The SMILES string of the molecule is Cn1cnc(C=N)c1CN. The first-order chi connectivity index (χ1) is 4.79. The minimum absolute atomic E-state index is 0.432. The van der Waals surface area contributed by atoms with Crippen LogP contribution in [0, 0.1) is 5.41 Å². The Bertz CT molecular complexity index is 238. The molecule has 0 spiro atoms. The van der Waals surface area contributed by atoms with Gasteiger partial charge in [0, 0.05) is 19.8 Å². The van der Waals surface area contributed by atoms with Gasteiger partial charge >= 0.3 is 0 Å². The summed E-state index contributed by atoms with van der Waals surface area (Å²) >= 11 is 0. The van der Waals surface area contributed by atoms with Gasteiger partial charge in [0.25, 0.3) is 0 Å². The molecule has 0 aliphatic rings. The van der Waals surface area contributed by atoms with Gasteiger partial charge in [0.1, 0.15) is 5.69 Å². The molecule has 54 valence electrons. The molecule has 0 saturated carbocycles. The molecule has 0 bridgehead atoms. The zero-order chi connectivity index (χ0) is 7.56. The first-order valence-electron chi connectivity index (χ1n) is 3.00. The molecule has 0 fully saturated rings. The highest BCUT2D eigenvalue weighted by Gasteiger charge is 2.02. The van der Waals surface area contributed by atoms with E-state index in [-0.39, 0.29) is 0 Å². The topological polar surface area (TPSA) is 67.7 Å². The van der Waals surface area contributed by atoms with E-state index in [2.05, 4.69) is 4.98 Å². The van der Waals surface area contributed by atoms with Gasteiger partial charge in [-0.15, -0.1) is 0 Å². The van der Waals surface area contributed by atoms with Crippen molar-refractivity contribution in [2.75, 3.05) is 0 Å². The van der Waals surface area contributed by atoms with Crippen LogP contribution in [0.5, 0.6) is 0 Å². The molecule has 3 N–H and O–H groups in total. The van der Waals surface area contributed by atoms with E-state index in [1.54, 1.807) is 6.33 Å². The third kappa shape index (κ3) is 0.930. The summed E-state index contributed by atoms with van der Waals surface area (Å²) in [4.78, 5) is 3.94. The molecule has 1 aromatic rings. The second-order valence-corrected chi connectivity index (χ2v) is 2.04. The highest BCUT2D eigenvalue weighted by molar-refractivity contribution is 5.75. The van der Waals surface area contributed by atoms with Gasteiger partial charge in [0.15, 0.2) is 0 Å². The van der Waals surface area contributed by atoms with Crippen molar-refractivity contribution in [3.05, 3.63) is 17.7 Å². The lowest BCUT2D eigenvalue weighted by Gasteiger charge is -1.96. The van der Waals surface area contributed by atoms with Gasteiger partial charge in [-0.1, -0.05) is 0 Å². The Balaban J connectivity index is 3.12. The van der Waals surface area contributed by atoms with Crippen LogP contribution in [0.15, 0.2) is 6.33 Å². The third-order valence-electron chi connectivity index (χ3n) is 1.42. The summed E-state index contributed by atoms with van der Waals surface area (Å²) in [5.74, 6) is 0. The van der Waals surface area contributed by atoms with Crippen molar-refractivity contribution in [3.8, 4) is 0 Å². The Kier molecular flexibility index (Phi) is 1.82. The Morgan fingerprint density at radius 1 is 1.90 bits per heavy atom. The quantitative estimate of drug-likeness (QED) is 0.559. The number of hydrogen-bond acceptors (Lipinski definition) is 3. The molecule has 0 saturated heterocycles. The van der Waals surface area contributed by atoms with Crippen LogP contribution in [0.4, 0.5) is 0 Å². The van der Waals surface area contributed by atoms with E-state index in [0.717, 1.165) is 5.69 Å². The fraction of sp³-hybridized carbons (Fsp3) is 0.333. The molecule has 0 unspecified atom stereocenters. The Hall–Kier alpha value is -1.16. The van der Waals surface area contributed by atoms with Crippen molar-refractivity contribution < 1.29 is 0 Å². The maximum absolute atomic E-state index is 6.94. The fourth-order valence-corrected chi connectivity index (χ4v) is 0.843. The summed E-state index contributed by atoms with van der Waals surface area (Å²) in [6.07, 6.45) is 2.87. The second-order valence-electron chi connectivity index (χ2n) is 2.04. The minimum Gasteiger partial charge on any atom is -0.336 e. The average Bonchev–Trinajstić information content (AvgIpc) is 2.30. The van der Waals surface area contributed by atoms with E-state index in [1.807, 2.05) is 11.6 Å². The number of nitrogens with one attached hydrogen (secondary N) is 1. The molecule has 1 rings (SSSR count). The number of imidazole rings is 1. The molecular formula is C6H10N4. The molecule has 4 heteroatoms. The van der Waals surface area contributed by atoms with Crippen LogP contribution >= 0.6 is 0 Å². The summed E-state index contributed by atoms with van der Waals surface area (Å²) in [5.41, 5.74) is 6.96. The van der Waals surface area contributed by atoms with Gasteiger partial charge in [0.2, 0.25) is 0 Å². The minimum atomic E-state index is 0.432. The summed E-state index contributed by atoms with van der Waals surface area (Å²) in [7, 11) is 1.86. The summed E-state index contributed by atoms with van der Waals surface area (Å²) < 4.78 is 1.82. The highest BCUT2D eigenvalue weighted by Crippen LogP contribution is 2.00. The highest BCUT2D eigenvalue weighted by atomic mass is 15.0. The van der Waals surface area contributed by atoms with Crippen molar-refractivity contribution in [1.82, 2.24) is 9.55 Å². The maximum Gasteiger partial charge on any atom is 0.103 e. The van der Waals surface area contributed by atoms with Crippen LogP contribution in [0.1, 0.15) is 11.4 Å². The van der Waals surface area contributed by atoms with E-state index in [9.17, 15) is 0 Å². The second kappa shape index (κ2) is 2.62. The van der Waals surface area contributed by atoms with Crippen LogP contribution < -0.4 is 5.73 Å². The number of nitrogens with two attached hydrogens (primary N) is 1. The van der Waals surface area contributed by atoms with Gasteiger partial charge in [-0.25, -0.2) is 4.98 Å². The Morgan fingerprint density at radius 2 is 2.60 bits per heavy atom. The predicted octanol–water partition coefficient (Wildman–Crippen LogP) is -0.124. The van der Waals surface area contributed by atoms with Gasteiger partial charge < -0.3 is 15.7 Å². The first-order valence-corrected chi connectivity index (χ1v) is 3.00. The normalized spacial score (nSPS) is 9.80. The van der Waals surface area contributed by atoms with Gasteiger partial charge in [-0.3, -0.25) is 0 Å². The van der Waals surface area contributed by atoms with Gasteiger partial charge in [0.05, 0.1) is 12.0 Å². The van der Waals surface area contributed by atoms with Crippen LogP contribution in [-0.4, -0.2) is 15.8 Å². The van der Waals surface area contributed by atoms with Crippen LogP contribution in [0.3, 0.4) is 0 Å². The zero-order valence-corrected chi connectivity index (χ0v) is 5.83. The lowest BCUT2D eigenvalue weighted by Crippen LogP contribution is -2.05. The van der Waals surface area contributed by atoms with Crippen molar-refractivity contribution in [2.24, 2.45) is 12.8 Å². The van der Waals surface area contributed by atoms with Crippen LogP contribution in [0.2, 0.25) is 0 Å². The lowest BCUT2D eigenvalue weighted by atomic mass is 10.3. The van der Waals surface area contributed by atoms with Crippen molar-refractivity contribution in [2.45, 2.75) is 6.54 Å². The molecule has 1 aromatic heterocycles. The van der Waals surface area contributed by atoms with Gasteiger partial charge in [-0.05, 0) is 0 Å². The molecule has 0 radical (unpaired) electrons. The average molecular weight is 138 g/mol. The van der Waals surface area contributed by atoms with Crippen molar-refractivity contribution in [1.29, 1.82) is 5.41 Å². The summed E-state index contributed by atoms with van der Waals surface area (Å²) in [6, 6.07) is 0. The molecule has 0 aliphatic carbocycles. The van der Waals surface area contributed by atoms with Crippen LogP contribution in [0.25, 0.3) is 0 Å². The van der Waals surface area contributed by atoms with Gasteiger partial charge in [-0.2, -0.15) is 0 Å². The van der Waals surface area contributed by atoms with E-state index >= 15 is 0 Å².